The molecule has 72 valence electrons. The van der Waals surface area contributed by atoms with Gasteiger partial charge in [-0.15, -0.1) is 0 Å². The van der Waals surface area contributed by atoms with Crippen molar-refractivity contribution in [1.82, 2.24) is 0 Å². The van der Waals surface area contributed by atoms with E-state index in [0.717, 1.165) is 19.3 Å². The molecule has 1 atom stereocenters. The van der Waals surface area contributed by atoms with Crippen molar-refractivity contribution < 1.29 is 9.84 Å². The lowest BCUT2D eigenvalue weighted by Crippen LogP contribution is -2.07. The molecule has 0 aromatic rings. The standard InChI is InChI=1S/C10H20O2/c1-4-5-10(12-3)8-9(2)6-7-11/h8,10-11H,4-7H2,1-3H3. The monoisotopic (exact) mass is 172 g/mol. The normalized spacial score (nSPS) is 14.8. The minimum atomic E-state index is 0.224. The number of aliphatic hydroxyl groups excluding tert-OH is 1. The van der Waals surface area contributed by atoms with Crippen LogP contribution in [-0.2, 0) is 4.74 Å². The Morgan fingerprint density at radius 3 is 2.67 bits per heavy atom. The molecule has 2 heteroatoms. The molecule has 0 saturated carbocycles. The van der Waals surface area contributed by atoms with Crippen LogP contribution in [0.2, 0.25) is 0 Å². The van der Waals surface area contributed by atoms with Crippen molar-refractivity contribution >= 4 is 0 Å². The zero-order valence-electron chi connectivity index (χ0n) is 8.34. The summed E-state index contributed by atoms with van der Waals surface area (Å²) in [7, 11) is 1.73. The summed E-state index contributed by atoms with van der Waals surface area (Å²) < 4.78 is 5.25. The Morgan fingerprint density at radius 1 is 1.58 bits per heavy atom. The lowest BCUT2D eigenvalue weighted by Gasteiger charge is -2.10. The van der Waals surface area contributed by atoms with E-state index in [1.165, 1.54) is 5.57 Å². The van der Waals surface area contributed by atoms with E-state index in [-0.39, 0.29) is 12.7 Å². The number of aliphatic hydroxyl groups is 1. The van der Waals surface area contributed by atoms with E-state index in [4.69, 9.17) is 9.84 Å². The van der Waals surface area contributed by atoms with E-state index in [0.29, 0.717) is 0 Å². The Morgan fingerprint density at radius 2 is 2.25 bits per heavy atom. The number of methoxy groups -OCH3 is 1. The molecule has 1 unspecified atom stereocenters. The van der Waals surface area contributed by atoms with Crippen LogP contribution in [0.1, 0.15) is 33.1 Å². The fraction of sp³-hybridized carbons (Fsp3) is 0.800. The Hall–Kier alpha value is -0.340. The van der Waals surface area contributed by atoms with Gasteiger partial charge < -0.3 is 9.84 Å². The summed E-state index contributed by atoms with van der Waals surface area (Å²) in [5.74, 6) is 0. The number of hydrogen-bond donors (Lipinski definition) is 1. The van der Waals surface area contributed by atoms with Gasteiger partial charge in [0.15, 0.2) is 0 Å². The predicted octanol–water partition coefficient (Wildman–Crippen LogP) is 2.13. The molecule has 0 rings (SSSR count). The summed E-state index contributed by atoms with van der Waals surface area (Å²) in [5.41, 5.74) is 1.21. The van der Waals surface area contributed by atoms with Crippen molar-refractivity contribution in [2.75, 3.05) is 13.7 Å². The Bertz CT molecular complexity index is 130. The van der Waals surface area contributed by atoms with E-state index in [1.54, 1.807) is 7.11 Å². The average Bonchev–Trinajstić information content (AvgIpc) is 2.04. The highest BCUT2D eigenvalue weighted by Gasteiger charge is 2.01. The molecule has 0 fully saturated rings. The molecule has 2 nitrogen and oxygen atoms in total. The van der Waals surface area contributed by atoms with Crippen molar-refractivity contribution in [1.29, 1.82) is 0 Å². The second-order valence-corrected chi connectivity index (χ2v) is 3.05. The zero-order valence-corrected chi connectivity index (χ0v) is 8.34. The molecule has 0 aliphatic rings. The largest absolute Gasteiger partial charge is 0.396 e. The topological polar surface area (TPSA) is 29.5 Å². The fourth-order valence-corrected chi connectivity index (χ4v) is 1.13. The summed E-state index contributed by atoms with van der Waals surface area (Å²) in [5, 5.41) is 8.67. The van der Waals surface area contributed by atoms with E-state index >= 15 is 0 Å². The van der Waals surface area contributed by atoms with E-state index < -0.39 is 0 Å². The predicted molar refractivity (Wildman–Crippen MR) is 51.2 cm³/mol. The minimum Gasteiger partial charge on any atom is -0.396 e. The van der Waals surface area contributed by atoms with Gasteiger partial charge in [0, 0.05) is 13.7 Å². The maximum absolute atomic E-state index is 8.67. The fourth-order valence-electron chi connectivity index (χ4n) is 1.13. The average molecular weight is 172 g/mol. The molecule has 0 aromatic carbocycles. The number of hydrogen-bond acceptors (Lipinski definition) is 2. The Labute approximate surface area is 75.2 Å². The first-order valence-corrected chi connectivity index (χ1v) is 4.55. The van der Waals surface area contributed by atoms with Gasteiger partial charge in [-0.25, -0.2) is 0 Å². The maximum Gasteiger partial charge on any atom is 0.0754 e. The second kappa shape index (κ2) is 7.32. The Balaban J connectivity index is 3.87. The van der Waals surface area contributed by atoms with Crippen LogP contribution >= 0.6 is 0 Å². The summed E-state index contributed by atoms with van der Waals surface area (Å²) >= 11 is 0. The van der Waals surface area contributed by atoms with Crippen LogP contribution in [0.4, 0.5) is 0 Å². The second-order valence-electron chi connectivity index (χ2n) is 3.05. The van der Waals surface area contributed by atoms with E-state index in [2.05, 4.69) is 13.0 Å². The molecule has 12 heavy (non-hydrogen) atoms. The quantitative estimate of drug-likeness (QED) is 0.622. The van der Waals surface area contributed by atoms with Gasteiger partial charge in [-0.1, -0.05) is 25.0 Å². The van der Waals surface area contributed by atoms with Crippen LogP contribution in [0, 0.1) is 0 Å². The first kappa shape index (κ1) is 11.7. The summed E-state index contributed by atoms with van der Waals surface area (Å²) in [4.78, 5) is 0. The van der Waals surface area contributed by atoms with Gasteiger partial charge in [0.2, 0.25) is 0 Å². The van der Waals surface area contributed by atoms with E-state index in [1.807, 2.05) is 6.92 Å². The molecule has 0 aliphatic carbocycles. The molecule has 1 N–H and O–H groups in total. The van der Waals surface area contributed by atoms with Gasteiger partial charge in [-0.3, -0.25) is 0 Å². The highest BCUT2D eigenvalue weighted by Crippen LogP contribution is 2.07. The van der Waals surface area contributed by atoms with Gasteiger partial charge in [0.25, 0.3) is 0 Å². The van der Waals surface area contributed by atoms with Crippen molar-refractivity contribution in [3.05, 3.63) is 11.6 Å². The van der Waals surface area contributed by atoms with E-state index in [9.17, 15) is 0 Å². The smallest absolute Gasteiger partial charge is 0.0754 e. The molecular formula is C10H20O2. The van der Waals surface area contributed by atoms with Gasteiger partial charge in [0.1, 0.15) is 0 Å². The first-order valence-electron chi connectivity index (χ1n) is 4.55. The molecule has 0 aromatic heterocycles. The molecule has 0 aliphatic heterocycles. The third-order valence-corrected chi connectivity index (χ3v) is 1.85. The summed E-state index contributed by atoms with van der Waals surface area (Å²) in [6.45, 7) is 4.39. The SMILES string of the molecule is CCCC(C=C(C)CCO)OC. The molecule has 0 radical (unpaired) electrons. The number of rotatable bonds is 6. The van der Waals surface area contributed by atoms with Crippen LogP contribution in [0.5, 0.6) is 0 Å². The lowest BCUT2D eigenvalue weighted by atomic mass is 10.1. The van der Waals surface area contributed by atoms with Crippen LogP contribution < -0.4 is 0 Å². The van der Waals surface area contributed by atoms with Crippen LogP contribution in [0.25, 0.3) is 0 Å². The number of ether oxygens (including phenoxy) is 1. The van der Waals surface area contributed by atoms with Crippen LogP contribution in [0.15, 0.2) is 11.6 Å². The van der Waals surface area contributed by atoms with Crippen LogP contribution in [-0.4, -0.2) is 24.9 Å². The van der Waals surface area contributed by atoms with Crippen molar-refractivity contribution in [3.63, 3.8) is 0 Å². The van der Waals surface area contributed by atoms with Crippen molar-refractivity contribution in [3.8, 4) is 0 Å². The molecule has 0 heterocycles. The van der Waals surface area contributed by atoms with Gasteiger partial charge >= 0.3 is 0 Å². The summed E-state index contributed by atoms with van der Waals surface area (Å²) in [6.07, 6.45) is 5.26. The highest BCUT2D eigenvalue weighted by molar-refractivity contribution is 5.01. The zero-order chi connectivity index (χ0) is 9.40. The molecule has 0 bridgehead atoms. The molecule has 0 saturated heterocycles. The third kappa shape index (κ3) is 5.33. The van der Waals surface area contributed by atoms with Crippen molar-refractivity contribution in [2.45, 2.75) is 39.2 Å². The molecular weight excluding hydrogens is 152 g/mol. The molecule has 0 amide bonds. The third-order valence-electron chi connectivity index (χ3n) is 1.85. The van der Waals surface area contributed by atoms with Gasteiger partial charge in [-0.05, 0) is 19.8 Å². The highest BCUT2D eigenvalue weighted by atomic mass is 16.5. The first-order chi connectivity index (χ1) is 5.74. The molecule has 0 spiro atoms. The van der Waals surface area contributed by atoms with Crippen molar-refractivity contribution in [2.24, 2.45) is 0 Å². The summed E-state index contributed by atoms with van der Waals surface area (Å²) in [6, 6.07) is 0. The minimum absolute atomic E-state index is 0.224. The van der Waals surface area contributed by atoms with Gasteiger partial charge in [-0.2, -0.15) is 0 Å². The Kier molecular flexibility index (Phi) is 7.11. The van der Waals surface area contributed by atoms with Crippen LogP contribution in [0.3, 0.4) is 0 Å². The van der Waals surface area contributed by atoms with Gasteiger partial charge in [0.05, 0.1) is 6.10 Å². The lowest BCUT2D eigenvalue weighted by molar-refractivity contribution is 0.132. The maximum atomic E-state index is 8.67.